The first-order valence-electron chi connectivity index (χ1n) is 13.3. The molecule has 0 aliphatic heterocycles. The maximum Gasteiger partial charge on any atom is 0.0998 e. The Kier molecular flexibility index (Phi) is 5.86. The van der Waals surface area contributed by atoms with Gasteiger partial charge in [0.15, 0.2) is 0 Å². The molecule has 0 spiro atoms. The van der Waals surface area contributed by atoms with Gasteiger partial charge in [-0.1, -0.05) is 84.9 Å². The SMILES string of the molecule is N#Cc1cc(-n2c3ccccc3c3cccc(-c4ccccc4C#N)c32)c(-c2ccccc2)cc1-c1ccncc1. The summed E-state index contributed by atoms with van der Waals surface area (Å²) >= 11 is 0. The third-order valence-corrected chi connectivity index (χ3v) is 7.61. The molecule has 0 atom stereocenters. The second-order valence-electron chi connectivity index (χ2n) is 9.84. The van der Waals surface area contributed by atoms with E-state index in [-0.39, 0.29) is 0 Å². The molecule has 4 heteroatoms. The standard InChI is InChI=1S/C37H22N4/c38-23-27-11-4-5-12-29(27)31-14-8-15-32-30-13-6-7-16-35(30)41(37(31)32)36-21-28(24-39)33(26-17-19-40-20-18-26)22-34(36)25-9-2-1-3-10-25/h1-22H. The zero-order chi connectivity index (χ0) is 27.8. The molecule has 2 heterocycles. The molecule has 5 aromatic carbocycles. The molecule has 4 nitrogen and oxygen atoms in total. The molecule has 0 saturated heterocycles. The lowest BCUT2D eigenvalue weighted by Crippen LogP contribution is -2.01. The van der Waals surface area contributed by atoms with Crippen LogP contribution in [0.5, 0.6) is 0 Å². The number of nitrogens with zero attached hydrogens (tertiary/aromatic N) is 4. The molecule has 0 fully saturated rings. The van der Waals surface area contributed by atoms with Crippen LogP contribution < -0.4 is 0 Å². The van der Waals surface area contributed by atoms with E-state index in [1.165, 1.54) is 0 Å². The quantitative estimate of drug-likeness (QED) is 0.232. The number of aromatic nitrogens is 2. The van der Waals surface area contributed by atoms with Crippen LogP contribution in [0.1, 0.15) is 11.1 Å². The summed E-state index contributed by atoms with van der Waals surface area (Å²) in [5.74, 6) is 0. The molecule has 0 unspecified atom stereocenters. The van der Waals surface area contributed by atoms with Crippen molar-refractivity contribution in [3.63, 3.8) is 0 Å². The monoisotopic (exact) mass is 522 g/mol. The van der Waals surface area contributed by atoms with Crippen molar-refractivity contribution in [2.24, 2.45) is 0 Å². The second kappa shape index (κ2) is 9.97. The highest BCUT2D eigenvalue weighted by molar-refractivity contribution is 6.14. The highest BCUT2D eigenvalue weighted by atomic mass is 15.0. The van der Waals surface area contributed by atoms with Crippen molar-refractivity contribution in [2.45, 2.75) is 0 Å². The second-order valence-corrected chi connectivity index (χ2v) is 9.84. The number of pyridine rings is 1. The van der Waals surface area contributed by atoms with Gasteiger partial charge < -0.3 is 4.57 Å². The maximum absolute atomic E-state index is 10.4. The fourth-order valence-electron chi connectivity index (χ4n) is 5.79. The van der Waals surface area contributed by atoms with E-state index in [4.69, 9.17) is 0 Å². The van der Waals surface area contributed by atoms with Crippen LogP contribution in [0, 0.1) is 22.7 Å². The third kappa shape index (κ3) is 3.95. The van der Waals surface area contributed by atoms with Gasteiger partial charge in [-0.25, -0.2) is 0 Å². The lowest BCUT2D eigenvalue weighted by atomic mass is 9.93. The topological polar surface area (TPSA) is 65.4 Å². The lowest BCUT2D eigenvalue weighted by Gasteiger charge is -2.19. The van der Waals surface area contributed by atoms with Crippen molar-refractivity contribution in [3.05, 3.63) is 145 Å². The molecule has 0 amide bonds. The molecule has 41 heavy (non-hydrogen) atoms. The third-order valence-electron chi connectivity index (χ3n) is 7.61. The van der Waals surface area contributed by atoms with Crippen molar-refractivity contribution < 1.29 is 0 Å². The fraction of sp³-hybridized carbons (Fsp3) is 0. The summed E-state index contributed by atoms with van der Waals surface area (Å²) in [6.07, 6.45) is 3.50. The van der Waals surface area contributed by atoms with E-state index in [9.17, 15) is 10.5 Å². The molecule has 0 N–H and O–H groups in total. The number of benzene rings is 5. The summed E-state index contributed by atoms with van der Waals surface area (Å²) in [7, 11) is 0. The van der Waals surface area contributed by atoms with Crippen molar-refractivity contribution >= 4 is 21.8 Å². The van der Waals surface area contributed by atoms with Gasteiger partial charge in [0.05, 0.1) is 40.0 Å². The van der Waals surface area contributed by atoms with E-state index < -0.39 is 0 Å². The fourth-order valence-corrected chi connectivity index (χ4v) is 5.79. The van der Waals surface area contributed by atoms with Gasteiger partial charge in [0.25, 0.3) is 0 Å². The highest BCUT2D eigenvalue weighted by Gasteiger charge is 2.21. The first-order chi connectivity index (χ1) is 20.3. The Morgan fingerprint density at radius 1 is 0.512 bits per heavy atom. The molecule has 190 valence electrons. The van der Waals surface area contributed by atoms with E-state index in [1.807, 2.05) is 78.9 Å². The van der Waals surface area contributed by atoms with E-state index >= 15 is 0 Å². The molecule has 7 aromatic rings. The van der Waals surface area contributed by atoms with Gasteiger partial charge in [0.2, 0.25) is 0 Å². The number of hydrogen-bond donors (Lipinski definition) is 0. The molecular formula is C37H22N4. The number of fused-ring (bicyclic) bond motifs is 3. The maximum atomic E-state index is 10.4. The van der Waals surface area contributed by atoms with Gasteiger partial charge in [-0.2, -0.15) is 10.5 Å². The Morgan fingerprint density at radius 3 is 1.98 bits per heavy atom. The van der Waals surface area contributed by atoms with E-state index in [1.54, 1.807) is 12.4 Å². The van der Waals surface area contributed by atoms with Gasteiger partial charge in [0, 0.05) is 45.4 Å². The van der Waals surface area contributed by atoms with Crippen LogP contribution in [0.4, 0.5) is 0 Å². The minimum atomic E-state index is 0.576. The number of hydrogen-bond acceptors (Lipinski definition) is 3. The summed E-state index contributed by atoms with van der Waals surface area (Å²) in [4.78, 5) is 4.18. The number of para-hydroxylation sites is 2. The van der Waals surface area contributed by atoms with Gasteiger partial charge >= 0.3 is 0 Å². The largest absolute Gasteiger partial charge is 0.308 e. The van der Waals surface area contributed by atoms with E-state index in [0.29, 0.717) is 11.1 Å². The van der Waals surface area contributed by atoms with Gasteiger partial charge in [0.1, 0.15) is 0 Å². The molecule has 0 bridgehead atoms. The Balaban J connectivity index is 1.66. The zero-order valence-electron chi connectivity index (χ0n) is 22.0. The van der Waals surface area contributed by atoms with Crippen LogP contribution in [-0.2, 0) is 0 Å². The van der Waals surface area contributed by atoms with Crippen molar-refractivity contribution in [1.29, 1.82) is 10.5 Å². The average Bonchev–Trinajstić information content (AvgIpc) is 3.39. The summed E-state index contributed by atoms with van der Waals surface area (Å²) in [6.45, 7) is 0. The zero-order valence-corrected chi connectivity index (χ0v) is 22.0. The molecule has 0 aliphatic rings. The smallest absolute Gasteiger partial charge is 0.0998 e. The highest BCUT2D eigenvalue weighted by Crippen LogP contribution is 2.42. The average molecular weight is 523 g/mol. The first kappa shape index (κ1) is 24.1. The molecule has 7 rings (SSSR count). The van der Waals surface area contributed by atoms with Crippen LogP contribution in [0.15, 0.2) is 134 Å². The normalized spacial score (nSPS) is 10.9. The minimum Gasteiger partial charge on any atom is -0.308 e. The Bertz CT molecular complexity index is 2160. The van der Waals surface area contributed by atoms with Crippen molar-refractivity contribution in [3.8, 4) is 51.2 Å². The summed E-state index contributed by atoms with van der Waals surface area (Å²) in [5, 5.41) is 22.6. The Hall–Kier alpha value is -5.97. The van der Waals surface area contributed by atoms with Gasteiger partial charge in [-0.3, -0.25) is 4.98 Å². The summed E-state index contributed by atoms with van der Waals surface area (Å²) < 4.78 is 2.26. The van der Waals surface area contributed by atoms with Gasteiger partial charge in [-0.05, 0) is 47.5 Å². The summed E-state index contributed by atoms with van der Waals surface area (Å²) in [5.41, 5.74) is 9.80. The predicted molar refractivity (Wildman–Crippen MR) is 164 cm³/mol. The van der Waals surface area contributed by atoms with Gasteiger partial charge in [-0.15, -0.1) is 0 Å². The summed E-state index contributed by atoms with van der Waals surface area (Å²) in [6, 6.07) is 45.4. The van der Waals surface area contributed by atoms with Crippen LogP contribution >= 0.6 is 0 Å². The molecule has 0 saturated carbocycles. The van der Waals surface area contributed by atoms with E-state index in [2.05, 4.69) is 64.2 Å². The number of rotatable bonds is 4. The van der Waals surface area contributed by atoms with Crippen molar-refractivity contribution in [2.75, 3.05) is 0 Å². The van der Waals surface area contributed by atoms with Crippen LogP contribution in [0.2, 0.25) is 0 Å². The molecular weight excluding hydrogens is 500 g/mol. The van der Waals surface area contributed by atoms with Crippen LogP contribution in [-0.4, -0.2) is 9.55 Å². The predicted octanol–water partition coefficient (Wildman–Crippen LogP) is 8.92. The lowest BCUT2D eigenvalue weighted by molar-refractivity contribution is 1.18. The minimum absolute atomic E-state index is 0.576. The number of nitriles is 2. The first-order valence-corrected chi connectivity index (χ1v) is 13.3. The molecule has 0 radical (unpaired) electrons. The van der Waals surface area contributed by atoms with E-state index in [0.717, 1.165) is 60.9 Å². The van der Waals surface area contributed by atoms with Crippen molar-refractivity contribution in [1.82, 2.24) is 9.55 Å². The van der Waals surface area contributed by atoms with Crippen LogP contribution in [0.25, 0.3) is 60.9 Å². The molecule has 2 aromatic heterocycles. The Morgan fingerprint density at radius 2 is 1.17 bits per heavy atom. The Labute approximate surface area is 237 Å². The van der Waals surface area contributed by atoms with Crippen LogP contribution in [0.3, 0.4) is 0 Å². The molecule has 0 aliphatic carbocycles.